The Morgan fingerprint density at radius 1 is 1.29 bits per heavy atom. The second-order valence-corrected chi connectivity index (χ2v) is 5.62. The van der Waals surface area contributed by atoms with Crippen LogP contribution in [0.3, 0.4) is 0 Å². The lowest BCUT2D eigenvalue weighted by Crippen LogP contribution is -2.45. The van der Waals surface area contributed by atoms with Gasteiger partial charge in [-0.1, -0.05) is 17.7 Å². The van der Waals surface area contributed by atoms with Crippen LogP contribution in [-0.4, -0.2) is 70.5 Å². The first-order valence-corrected chi connectivity index (χ1v) is 8.29. The maximum absolute atomic E-state index is 5.92. The molecule has 2 N–H and O–H groups in total. The molecule has 1 aromatic carbocycles. The monoisotopic (exact) mass is 468 g/mol. The highest BCUT2D eigenvalue weighted by Crippen LogP contribution is 2.16. The largest absolute Gasteiger partial charge is 0.492 e. The van der Waals surface area contributed by atoms with E-state index >= 15 is 0 Å². The minimum Gasteiger partial charge on any atom is -0.492 e. The molecule has 0 spiro atoms. The smallest absolute Gasteiger partial charge is 0.191 e. The summed E-state index contributed by atoms with van der Waals surface area (Å²) in [4.78, 5) is 6.58. The Bertz CT molecular complexity index is 499. The lowest BCUT2D eigenvalue weighted by Gasteiger charge is -2.26. The van der Waals surface area contributed by atoms with Gasteiger partial charge < -0.3 is 20.1 Å². The number of nitrogens with one attached hydrogen (secondary N) is 2. The van der Waals surface area contributed by atoms with Crippen molar-refractivity contribution in [1.82, 2.24) is 15.5 Å². The molecule has 1 fully saturated rings. The predicted octanol–water partition coefficient (Wildman–Crippen LogP) is 1.83. The fourth-order valence-corrected chi connectivity index (χ4v) is 2.45. The van der Waals surface area contributed by atoms with Crippen molar-refractivity contribution < 1.29 is 9.47 Å². The van der Waals surface area contributed by atoms with E-state index in [9.17, 15) is 0 Å². The number of ether oxygens (including phenoxy) is 2. The van der Waals surface area contributed by atoms with Crippen molar-refractivity contribution in [2.45, 2.75) is 0 Å². The Balaban J connectivity index is 0.00000288. The number of hydrogen-bond acceptors (Lipinski definition) is 4. The third kappa shape index (κ3) is 8.36. The Kier molecular flexibility index (Phi) is 11.1. The van der Waals surface area contributed by atoms with Gasteiger partial charge in [0.1, 0.15) is 12.4 Å². The summed E-state index contributed by atoms with van der Waals surface area (Å²) in [6.45, 7) is 6.72. The summed E-state index contributed by atoms with van der Waals surface area (Å²) < 4.78 is 11.0. The maximum atomic E-state index is 5.92. The molecule has 1 aliphatic rings. The first-order chi connectivity index (χ1) is 11.3. The highest BCUT2D eigenvalue weighted by Gasteiger charge is 2.09. The number of halogens is 2. The van der Waals surface area contributed by atoms with Crippen molar-refractivity contribution in [3.05, 3.63) is 29.3 Å². The predicted molar refractivity (Wildman–Crippen MR) is 109 cm³/mol. The SMILES string of the molecule is CN=C(NCCOc1cccc(Cl)c1)NCCN1CCOCC1.I. The van der Waals surface area contributed by atoms with E-state index in [1.807, 2.05) is 18.2 Å². The Morgan fingerprint density at radius 2 is 2.04 bits per heavy atom. The summed E-state index contributed by atoms with van der Waals surface area (Å²) in [5.41, 5.74) is 0. The molecule has 6 nitrogen and oxygen atoms in total. The number of benzene rings is 1. The molecule has 0 bridgehead atoms. The van der Waals surface area contributed by atoms with E-state index in [0.29, 0.717) is 18.2 Å². The summed E-state index contributed by atoms with van der Waals surface area (Å²) in [5, 5.41) is 7.21. The van der Waals surface area contributed by atoms with E-state index in [4.69, 9.17) is 21.1 Å². The van der Waals surface area contributed by atoms with Gasteiger partial charge in [0.05, 0.1) is 19.8 Å². The van der Waals surface area contributed by atoms with E-state index in [-0.39, 0.29) is 24.0 Å². The van der Waals surface area contributed by atoms with Crippen molar-refractivity contribution in [3.8, 4) is 5.75 Å². The second-order valence-electron chi connectivity index (χ2n) is 5.19. The normalized spacial score (nSPS) is 15.5. The fourth-order valence-electron chi connectivity index (χ4n) is 2.27. The molecule has 0 atom stereocenters. The van der Waals surface area contributed by atoms with Gasteiger partial charge in [0, 0.05) is 38.2 Å². The minimum absolute atomic E-state index is 0. The van der Waals surface area contributed by atoms with Crippen molar-refractivity contribution >= 4 is 41.5 Å². The van der Waals surface area contributed by atoms with Crippen LogP contribution in [0.2, 0.25) is 5.02 Å². The van der Waals surface area contributed by atoms with Crippen LogP contribution in [0.5, 0.6) is 5.75 Å². The van der Waals surface area contributed by atoms with Crippen molar-refractivity contribution in [3.63, 3.8) is 0 Å². The van der Waals surface area contributed by atoms with Gasteiger partial charge in [-0.25, -0.2) is 0 Å². The molecule has 0 aromatic heterocycles. The second kappa shape index (κ2) is 12.6. The Labute approximate surface area is 166 Å². The molecule has 2 rings (SSSR count). The highest BCUT2D eigenvalue weighted by atomic mass is 127. The lowest BCUT2D eigenvalue weighted by atomic mass is 10.3. The average molecular weight is 469 g/mol. The number of hydrogen-bond donors (Lipinski definition) is 2. The van der Waals surface area contributed by atoms with Crippen molar-refractivity contribution in [1.29, 1.82) is 0 Å². The molecule has 24 heavy (non-hydrogen) atoms. The zero-order chi connectivity index (χ0) is 16.3. The van der Waals surface area contributed by atoms with Gasteiger partial charge in [-0.05, 0) is 18.2 Å². The number of morpholine rings is 1. The summed E-state index contributed by atoms with van der Waals surface area (Å²) in [7, 11) is 1.77. The first kappa shape index (κ1) is 21.3. The molecule has 1 heterocycles. The van der Waals surface area contributed by atoms with Crippen LogP contribution in [-0.2, 0) is 4.74 Å². The average Bonchev–Trinajstić information content (AvgIpc) is 2.58. The molecular weight excluding hydrogens is 443 g/mol. The van der Waals surface area contributed by atoms with Crippen LogP contribution in [0, 0.1) is 0 Å². The highest BCUT2D eigenvalue weighted by molar-refractivity contribution is 14.0. The van der Waals surface area contributed by atoms with Gasteiger partial charge in [0.15, 0.2) is 5.96 Å². The van der Waals surface area contributed by atoms with Crippen molar-refractivity contribution in [2.75, 3.05) is 59.6 Å². The molecule has 0 radical (unpaired) electrons. The molecule has 0 saturated carbocycles. The molecule has 1 aliphatic heterocycles. The lowest BCUT2D eigenvalue weighted by molar-refractivity contribution is 0.0389. The summed E-state index contributed by atoms with van der Waals surface area (Å²) in [5.74, 6) is 1.56. The van der Waals surface area contributed by atoms with E-state index in [2.05, 4.69) is 20.5 Å². The van der Waals surface area contributed by atoms with E-state index in [1.165, 1.54) is 0 Å². The third-order valence-electron chi connectivity index (χ3n) is 3.51. The fraction of sp³-hybridized carbons (Fsp3) is 0.562. The molecule has 136 valence electrons. The van der Waals surface area contributed by atoms with Gasteiger partial charge in [-0.2, -0.15) is 0 Å². The Morgan fingerprint density at radius 3 is 2.75 bits per heavy atom. The summed E-state index contributed by atoms with van der Waals surface area (Å²) in [6.07, 6.45) is 0. The molecule has 1 aromatic rings. The number of guanidine groups is 1. The number of nitrogens with zero attached hydrogens (tertiary/aromatic N) is 2. The van der Waals surface area contributed by atoms with Gasteiger partial charge in [-0.15, -0.1) is 24.0 Å². The molecule has 8 heteroatoms. The zero-order valence-corrected chi connectivity index (χ0v) is 17.0. The van der Waals surface area contributed by atoms with Crippen LogP contribution in [0.4, 0.5) is 0 Å². The van der Waals surface area contributed by atoms with Crippen LogP contribution in [0.15, 0.2) is 29.3 Å². The molecule has 1 saturated heterocycles. The van der Waals surface area contributed by atoms with Crippen LogP contribution in [0.1, 0.15) is 0 Å². The van der Waals surface area contributed by atoms with Crippen LogP contribution >= 0.6 is 35.6 Å². The van der Waals surface area contributed by atoms with Gasteiger partial charge in [0.2, 0.25) is 0 Å². The number of rotatable bonds is 7. The van der Waals surface area contributed by atoms with E-state index < -0.39 is 0 Å². The van der Waals surface area contributed by atoms with Gasteiger partial charge >= 0.3 is 0 Å². The zero-order valence-electron chi connectivity index (χ0n) is 14.0. The standard InChI is InChI=1S/C16H25ClN4O2.HI/c1-18-16(19-5-7-21-8-11-22-12-9-21)20-6-10-23-15-4-2-3-14(17)13-15;/h2-4,13H,5-12H2,1H3,(H2,18,19,20);1H. The molecule has 0 aliphatic carbocycles. The molecule has 0 unspecified atom stereocenters. The van der Waals surface area contributed by atoms with E-state index in [1.54, 1.807) is 13.1 Å². The third-order valence-corrected chi connectivity index (χ3v) is 3.74. The summed E-state index contributed by atoms with van der Waals surface area (Å²) in [6, 6.07) is 7.39. The quantitative estimate of drug-likeness (QED) is 0.277. The first-order valence-electron chi connectivity index (χ1n) is 7.91. The van der Waals surface area contributed by atoms with Crippen molar-refractivity contribution in [2.24, 2.45) is 4.99 Å². The topological polar surface area (TPSA) is 58.1 Å². The van der Waals surface area contributed by atoms with E-state index in [0.717, 1.165) is 51.1 Å². The molecular formula is C16H26ClIN4O2. The van der Waals surface area contributed by atoms with Crippen LogP contribution in [0.25, 0.3) is 0 Å². The van der Waals surface area contributed by atoms with Crippen LogP contribution < -0.4 is 15.4 Å². The molecule has 0 amide bonds. The van der Waals surface area contributed by atoms with Gasteiger partial charge in [0.25, 0.3) is 0 Å². The van der Waals surface area contributed by atoms with Gasteiger partial charge in [-0.3, -0.25) is 9.89 Å². The minimum atomic E-state index is 0. The Hall–Kier alpha value is -0.770. The summed E-state index contributed by atoms with van der Waals surface area (Å²) >= 11 is 5.92. The number of aliphatic imine (C=N–C) groups is 1. The maximum Gasteiger partial charge on any atom is 0.191 e.